The zero-order chi connectivity index (χ0) is 11.0. The van der Waals surface area contributed by atoms with Crippen LogP contribution in [0.25, 0.3) is 0 Å². The third-order valence-electron chi connectivity index (χ3n) is 2.94. The van der Waals surface area contributed by atoms with Gasteiger partial charge in [0.2, 0.25) is 0 Å². The SMILES string of the molecule is Clc1cccc2c1CN(Cc1ccn[nH]1)C2. The first-order chi connectivity index (χ1) is 7.83. The summed E-state index contributed by atoms with van der Waals surface area (Å²) in [6.07, 6.45) is 1.78. The van der Waals surface area contributed by atoms with Crippen LogP contribution in [0, 0.1) is 0 Å². The van der Waals surface area contributed by atoms with Crippen molar-refractivity contribution in [3.63, 3.8) is 0 Å². The number of fused-ring (bicyclic) bond motifs is 1. The maximum atomic E-state index is 6.17. The number of halogens is 1. The van der Waals surface area contributed by atoms with E-state index in [1.165, 1.54) is 11.1 Å². The normalized spacial score (nSPS) is 15.3. The van der Waals surface area contributed by atoms with E-state index < -0.39 is 0 Å². The highest BCUT2D eigenvalue weighted by Crippen LogP contribution is 2.29. The van der Waals surface area contributed by atoms with Crippen LogP contribution in [0.3, 0.4) is 0 Å². The predicted octanol–water partition coefficient (Wildman–Crippen LogP) is 2.58. The van der Waals surface area contributed by atoms with Gasteiger partial charge < -0.3 is 0 Å². The van der Waals surface area contributed by atoms with Crippen molar-refractivity contribution in [2.45, 2.75) is 19.6 Å². The molecule has 0 spiro atoms. The average molecular weight is 234 g/mol. The van der Waals surface area contributed by atoms with Gasteiger partial charge in [0, 0.05) is 36.5 Å². The van der Waals surface area contributed by atoms with Gasteiger partial charge >= 0.3 is 0 Å². The number of nitrogens with one attached hydrogen (secondary N) is 1. The van der Waals surface area contributed by atoms with Crippen LogP contribution in [0.15, 0.2) is 30.5 Å². The molecular weight excluding hydrogens is 222 g/mol. The van der Waals surface area contributed by atoms with Crippen LogP contribution in [0.4, 0.5) is 0 Å². The first-order valence-corrected chi connectivity index (χ1v) is 5.67. The van der Waals surface area contributed by atoms with Crippen molar-refractivity contribution in [2.75, 3.05) is 0 Å². The molecule has 0 atom stereocenters. The second kappa shape index (κ2) is 3.92. The lowest BCUT2D eigenvalue weighted by Crippen LogP contribution is -2.15. The van der Waals surface area contributed by atoms with E-state index in [-0.39, 0.29) is 0 Å². The fraction of sp³-hybridized carbons (Fsp3) is 0.250. The second-order valence-electron chi connectivity index (χ2n) is 4.10. The summed E-state index contributed by atoms with van der Waals surface area (Å²) in [6, 6.07) is 8.12. The Morgan fingerprint density at radius 3 is 3.00 bits per heavy atom. The molecule has 0 aliphatic carbocycles. The number of nitrogens with zero attached hydrogens (tertiary/aromatic N) is 2. The summed E-state index contributed by atoms with van der Waals surface area (Å²) in [7, 11) is 0. The lowest BCUT2D eigenvalue weighted by Gasteiger charge is -2.12. The Hall–Kier alpha value is -1.32. The lowest BCUT2D eigenvalue weighted by atomic mass is 10.1. The van der Waals surface area contributed by atoms with E-state index in [1.807, 2.05) is 18.2 Å². The summed E-state index contributed by atoms with van der Waals surface area (Å²) in [5, 5.41) is 7.81. The fourth-order valence-electron chi connectivity index (χ4n) is 2.17. The lowest BCUT2D eigenvalue weighted by molar-refractivity contribution is 0.272. The van der Waals surface area contributed by atoms with Gasteiger partial charge in [-0.1, -0.05) is 23.7 Å². The number of benzene rings is 1. The Bertz CT molecular complexity index is 493. The van der Waals surface area contributed by atoms with E-state index in [9.17, 15) is 0 Å². The predicted molar refractivity (Wildman–Crippen MR) is 63.0 cm³/mol. The smallest absolute Gasteiger partial charge is 0.0492 e. The summed E-state index contributed by atoms with van der Waals surface area (Å²) >= 11 is 6.17. The minimum Gasteiger partial charge on any atom is -0.289 e. The average Bonchev–Trinajstić information content (AvgIpc) is 2.88. The van der Waals surface area contributed by atoms with E-state index >= 15 is 0 Å². The molecule has 2 aromatic rings. The highest BCUT2D eigenvalue weighted by atomic mass is 35.5. The van der Waals surface area contributed by atoms with Gasteiger partial charge in [0.25, 0.3) is 0 Å². The molecule has 1 aliphatic heterocycles. The molecular formula is C12H12ClN3. The Morgan fingerprint density at radius 1 is 1.31 bits per heavy atom. The molecule has 82 valence electrons. The van der Waals surface area contributed by atoms with Crippen LogP contribution in [0.2, 0.25) is 5.02 Å². The fourth-order valence-corrected chi connectivity index (χ4v) is 2.43. The van der Waals surface area contributed by atoms with Crippen molar-refractivity contribution in [1.29, 1.82) is 0 Å². The molecule has 0 bridgehead atoms. The summed E-state index contributed by atoms with van der Waals surface area (Å²) < 4.78 is 0. The molecule has 0 unspecified atom stereocenters. The summed E-state index contributed by atoms with van der Waals surface area (Å²) in [5.74, 6) is 0. The van der Waals surface area contributed by atoms with E-state index in [4.69, 9.17) is 11.6 Å². The summed E-state index contributed by atoms with van der Waals surface area (Å²) in [4.78, 5) is 2.35. The highest BCUT2D eigenvalue weighted by Gasteiger charge is 2.20. The topological polar surface area (TPSA) is 31.9 Å². The molecule has 3 nitrogen and oxygen atoms in total. The molecule has 4 heteroatoms. The maximum Gasteiger partial charge on any atom is 0.0492 e. The molecule has 2 heterocycles. The van der Waals surface area contributed by atoms with Crippen molar-refractivity contribution in [1.82, 2.24) is 15.1 Å². The van der Waals surface area contributed by atoms with Crippen LogP contribution >= 0.6 is 11.6 Å². The van der Waals surface area contributed by atoms with Gasteiger partial charge in [0.1, 0.15) is 0 Å². The number of aromatic amines is 1. The third-order valence-corrected chi connectivity index (χ3v) is 3.30. The molecule has 1 aromatic carbocycles. The second-order valence-corrected chi connectivity index (χ2v) is 4.51. The van der Waals surface area contributed by atoms with Crippen molar-refractivity contribution >= 4 is 11.6 Å². The Balaban J connectivity index is 1.78. The number of aromatic nitrogens is 2. The van der Waals surface area contributed by atoms with Crippen molar-refractivity contribution in [2.24, 2.45) is 0 Å². The minimum atomic E-state index is 0.879. The number of hydrogen-bond acceptors (Lipinski definition) is 2. The van der Waals surface area contributed by atoms with Gasteiger partial charge in [-0.05, 0) is 23.3 Å². The minimum absolute atomic E-state index is 0.879. The van der Waals surface area contributed by atoms with E-state index in [0.29, 0.717) is 0 Å². The summed E-state index contributed by atoms with van der Waals surface area (Å²) in [5.41, 5.74) is 3.75. The standard InChI is InChI=1S/C12H12ClN3/c13-12-3-1-2-9-6-16(8-11(9)12)7-10-4-5-14-15-10/h1-5H,6-8H2,(H,14,15). The molecule has 0 fully saturated rings. The molecule has 0 saturated carbocycles. The third kappa shape index (κ3) is 1.72. The maximum absolute atomic E-state index is 6.17. The first-order valence-electron chi connectivity index (χ1n) is 5.30. The number of H-pyrrole nitrogens is 1. The Morgan fingerprint density at radius 2 is 2.25 bits per heavy atom. The van der Waals surface area contributed by atoms with Crippen molar-refractivity contribution in [3.8, 4) is 0 Å². The van der Waals surface area contributed by atoms with Crippen LogP contribution < -0.4 is 0 Å². The quantitative estimate of drug-likeness (QED) is 0.865. The highest BCUT2D eigenvalue weighted by molar-refractivity contribution is 6.31. The molecule has 1 aliphatic rings. The van der Waals surface area contributed by atoms with Gasteiger partial charge in [-0.15, -0.1) is 0 Å². The molecule has 0 radical (unpaired) electrons. The van der Waals surface area contributed by atoms with Crippen LogP contribution in [0.1, 0.15) is 16.8 Å². The van der Waals surface area contributed by atoms with Crippen molar-refractivity contribution in [3.05, 3.63) is 52.3 Å². The molecule has 0 saturated heterocycles. The van der Waals surface area contributed by atoms with Gasteiger partial charge in [-0.2, -0.15) is 5.10 Å². The van der Waals surface area contributed by atoms with Crippen LogP contribution in [-0.2, 0) is 19.6 Å². The molecule has 16 heavy (non-hydrogen) atoms. The Labute approximate surface area is 99.0 Å². The number of hydrogen-bond donors (Lipinski definition) is 1. The van der Waals surface area contributed by atoms with Gasteiger partial charge in [0.05, 0.1) is 0 Å². The monoisotopic (exact) mass is 233 g/mol. The van der Waals surface area contributed by atoms with Gasteiger partial charge in [-0.3, -0.25) is 10.00 Å². The zero-order valence-corrected chi connectivity index (χ0v) is 9.54. The zero-order valence-electron chi connectivity index (χ0n) is 8.78. The van der Waals surface area contributed by atoms with E-state index in [2.05, 4.69) is 21.2 Å². The van der Waals surface area contributed by atoms with Crippen LogP contribution in [0.5, 0.6) is 0 Å². The van der Waals surface area contributed by atoms with Crippen molar-refractivity contribution < 1.29 is 0 Å². The summed E-state index contributed by atoms with van der Waals surface area (Å²) in [6.45, 7) is 2.79. The van der Waals surface area contributed by atoms with Gasteiger partial charge in [-0.25, -0.2) is 0 Å². The van der Waals surface area contributed by atoms with Gasteiger partial charge in [0.15, 0.2) is 0 Å². The van der Waals surface area contributed by atoms with E-state index in [0.717, 1.165) is 30.4 Å². The molecule has 1 N–H and O–H groups in total. The molecule has 0 amide bonds. The largest absolute Gasteiger partial charge is 0.289 e. The molecule has 3 rings (SSSR count). The number of rotatable bonds is 2. The molecule has 1 aromatic heterocycles. The first kappa shape index (κ1) is 9.87. The van der Waals surface area contributed by atoms with E-state index in [1.54, 1.807) is 6.20 Å². The van der Waals surface area contributed by atoms with Crippen LogP contribution in [-0.4, -0.2) is 15.1 Å². The Kier molecular flexibility index (Phi) is 2.42.